The molecule has 36 heavy (non-hydrogen) atoms. The Morgan fingerprint density at radius 3 is 2.36 bits per heavy atom. The van der Waals surface area contributed by atoms with Crippen LogP contribution < -0.4 is 5.69 Å². The molecule has 0 saturated heterocycles. The van der Waals surface area contributed by atoms with E-state index < -0.39 is 23.7 Å². The third-order valence-corrected chi connectivity index (χ3v) is 6.70. The molecule has 2 aromatic heterocycles. The number of aliphatic carboxylic acids is 1. The van der Waals surface area contributed by atoms with Crippen LogP contribution in [0.5, 0.6) is 0 Å². The van der Waals surface area contributed by atoms with Crippen LogP contribution >= 0.6 is 0 Å². The van der Waals surface area contributed by atoms with Gasteiger partial charge >= 0.3 is 17.6 Å². The number of carboxylic acids is 2. The van der Waals surface area contributed by atoms with Crippen LogP contribution in [0.3, 0.4) is 0 Å². The predicted octanol–water partition coefficient (Wildman–Crippen LogP) is 4.41. The van der Waals surface area contributed by atoms with Gasteiger partial charge in [-0.2, -0.15) is 0 Å². The van der Waals surface area contributed by atoms with Crippen LogP contribution in [0, 0.1) is 6.92 Å². The lowest BCUT2D eigenvalue weighted by Crippen LogP contribution is -2.29. The van der Waals surface area contributed by atoms with E-state index in [1.54, 1.807) is 34.9 Å². The number of fused-ring (bicyclic) bond motifs is 2. The first-order valence-corrected chi connectivity index (χ1v) is 11.5. The van der Waals surface area contributed by atoms with Crippen LogP contribution in [-0.2, 0) is 18.4 Å². The smallest absolute Gasteiger partial charge is 0.335 e. The summed E-state index contributed by atoms with van der Waals surface area (Å²) >= 11 is 0. The number of nitrogens with zero attached hydrogens (tertiary/aromatic N) is 3. The third kappa shape index (κ3) is 3.86. The van der Waals surface area contributed by atoms with Crippen LogP contribution in [-0.4, -0.2) is 35.9 Å². The minimum Gasteiger partial charge on any atom is -0.481 e. The minimum absolute atomic E-state index is 0.0246. The monoisotopic (exact) mass is 483 g/mol. The zero-order valence-corrected chi connectivity index (χ0v) is 19.9. The predicted molar refractivity (Wildman–Crippen MR) is 137 cm³/mol. The molecule has 0 radical (unpaired) electrons. The molecule has 0 fully saturated rings. The van der Waals surface area contributed by atoms with Crippen LogP contribution in [0.1, 0.15) is 39.5 Å². The Bertz CT molecular complexity index is 1690. The van der Waals surface area contributed by atoms with Crippen molar-refractivity contribution in [2.75, 3.05) is 0 Å². The fraction of sp³-hybridized carbons (Fsp3) is 0.179. The molecule has 0 aliphatic heterocycles. The second-order valence-corrected chi connectivity index (χ2v) is 9.01. The van der Waals surface area contributed by atoms with Crippen molar-refractivity contribution in [1.29, 1.82) is 0 Å². The van der Waals surface area contributed by atoms with E-state index in [9.17, 15) is 24.6 Å². The average molecular weight is 484 g/mol. The maximum Gasteiger partial charge on any atom is 0.335 e. The van der Waals surface area contributed by atoms with Gasteiger partial charge < -0.3 is 14.8 Å². The summed E-state index contributed by atoms with van der Waals surface area (Å²) in [4.78, 5) is 37.6. The number of aromatic carboxylic acids is 1. The van der Waals surface area contributed by atoms with E-state index in [0.29, 0.717) is 16.6 Å². The Balaban J connectivity index is 1.78. The largest absolute Gasteiger partial charge is 0.481 e. The van der Waals surface area contributed by atoms with Crippen molar-refractivity contribution in [1.82, 2.24) is 13.7 Å². The summed E-state index contributed by atoms with van der Waals surface area (Å²) in [5, 5.41) is 20.4. The molecule has 0 amide bonds. The Kier molecular flexibility index (Phi) is 5.72. The van der Waals surface area contributed by atoms with Gasteiger partial charge in [-0.05, 0) is 47.9 Å². The maximum absolute atomic E-state index is 14.0. The molecule has 0 saturated carbocycles. The van der Waals surface area contributed by atoms with Gasteiger partial charge in [0.05, 0.1) is 35.6 Å². The van der Waals surface area contributed by atoms with Gasteiger partial charge in [0.2, 0.25) is 0 Å². The van der Waals surface area contributed by atoms with Crippen molar-refractivity contribution in [3.63, 3.8) is 0 Å². The molecular weight excluding hydrogens is 458 g/mol. The second-order valence-electron chi connectivity index (χ2n) is 9.01. The highest BCUT2D eigenvalue weighted by Crippen LogP contribution is 2.29. The Morgan fingerprint density at radius 1 is 0.917 bits per heavy atom. The van der Waals surface area contributed by atoms with E-state index in [2.05, 4.69) is 0 Å². The quantitative estimate of drug-likeness (QED) is 0.357. The highest BCUT2D eigenvalue weighted by Gasteiger charge is 2.26. The highest BCUT2D eigenvalue weighted by atomic mass is 16.4. The summed E-state index contributed by atoms with van der Waals surface area (Å²) in [5.74, 6) is -2.18. The number of imidazole rings is 1. The molecule has 8 nitrogen and oxygen atoms in total. The van der Waals surface area contributed by atoms with Crippen molar-refractivity contribution in [2.45, 2.75) is 25.9 Å². The van der Waals surface area contributed by atoms with Crippen LogP contribution in [0.25, 0.3) is 21.9 Å². The van der Waals surface area contributed by atoms with Gasteiger partial charge in [-0.3, -0.25) is 13.9 Å². The van der Waals surface area contributed by atoms with Crippen molar-refractivity contribution in [3.05, 3.63) is 106 Å². The summed E-state index contributed by atoms with van der Waals surface area (Å²) in [5.41, 5.74) is 4.29. The fourth-order valence-electron chi connectivity index (χ4n) is 5.09. The molecule has 182 valence electrons. The number of hydrogen-bond donors (Lipinski definition) is 2. The first kappa shape index (κ1) is 23.2. The molecule has 1 atom stereocenters. The van der Waals surface area contributed by atoms with Gasteiger partial charge in [-0.25, -0.2) is 9.59 Å². The molecule has 3 aromatic carbocycles. The number of benzene rings is 3. The third-order valence-electron chi connectivity index (χ3n) is 6.70. The first-order chi connectivity index (χ1) is 17.3. The van der Waals surface area contributed by atoms with E-state index in [0.717, 1.165) is 22.0 Å². The molecule has 0 bridgehead atoms. The lowest BCUT2D eigenvalue weighted by molar-refractivity contribution is -0.137. The molecule has 5 rings (SSSR count). The van der Waals surface area contributed by atoms with E-state index in [-0.39, 0.29) is 18.5 Å². The second kappa shape index (κ2) is 8.88. The van der Waals surface area contributed by atoms with E-state index in [1.165, 1.54) is 16.7 Å². The Labute approximate surface area is 206 Å². The number of aryl methyl sites for hydroxylation is 2. The van der Waals surface area contributed by atoms with E-state index in [4.69, 9.17) is 0 Å². The van der Waals surface area contributed by atoms with Crippen molar-refractivity contribution in [2.24, 2.45) is 7.05 Å². The van der Waals surface area contributed by atoms with Crippen molar-refractivity contribution >= 4 is 33.9 Å². The Morgan fingerprint density at radius 2 is 1.67 bits per heavy atom. The van der Waals surface area contributed by atoms with E-state index in [1.807, 2.05) is 49.0 Å². The number of aromatic nitrogens is 3. The summed E-state index contributed by atoms with van der Waals surface area (Å²) in [6.45, 7) is 2.28. The SMILES string of the molecule is Cc1cccc2c1c(Cn1c(=O)n([C@H](CC(=O)O)c3ccccc3)c3cc(C(=O)O)ccc31)cn2C. The number of carbonyl (C=O) groups is 2. The molecular formula is C28H25N3O5. The molecule has 2 heterocycles. The van der Waals surface area contributed by atoms with Gasteiger partial charge in [0.1, 0.15) is 0 Å². The highest BCUT2D eigenvalue weighted by molar-refractivity contribution is 5.93. The van der Waals surface area contributed by atoms with Gasteiger partial charge in [0.25, 0.3) is 0 Å². The molecule has 5 aromatic rings. The lowest BCUT2D eigenvalue weighted by Gasteiger charge is -2.17. The summed E-state index contributed by atoms with van der Waals surface area (Å²) in [6.07, 6.45) is 1.67. The molecule has 0 spiro atoms. The molecule has 0 aliphatic carbocycles. The van der Waals surface area contributed by atoms with Gasteiger partial charge in [-0.1, -0.05) is 42.5 Å². The van der Waals surface area contributed by atoms with Crippen molar-refractivity contribution in [3.8, 4) is 0 Å². The molecule has 2 N–H and O–H groups in total. The minimum atomic E-state index is -1.12. The van der Waals surface area contributed by atoms with E-state index >= 15 is 0 Å². The fourth-order valence-corrected chi connectivity index (χ4v) is 5.09. The normalized spacial score (nSPS) is 12.3. The molecule has 8 heteroatoms. The zero-order chi connectivity index (χ0) is 25.6. The summed E-state index contributed by atoms with van der Waals surface area (Å²) in [6, 6.07) is 18.7. The first-order valence-electron chi connectivity index (χ1n) is 11.5. The molecule has 0 unspecified atom stereocenters. The van der Waals surface area contributed by atoms with Crippen LogP contribution in [0.2, 0.25) is 0 Å². The van der Waals surface area contributed by atoms with Gasteiger partial charge in [0, 0.05) is 24.1 Å². The van der Waals surface area contributed by atoms with Crippen molar-refractivity contribution < 1.29 is 19.8 Å². The lowest BCUT2D eigenvalue weighted by atomic mass is 10.0. The molecule has 0 aliphatic rings. The van der Waals surface area contributed by atoms with Gasteiger partial charge in [0.15, 0.2) is 0 Å². The number of carboxylic acid groups (broad SMARTS) is 2. The Hall–Kier alpha value is -4.59. The average Bonchev–Trinajstić information content (AvgIpc) is 3.32. The summed E-state index contributed by atoms with van der Waals surface area (Å²) < 4.78 is 5.03. The van der Waals surface area contributed by atoms with Gasteiger partial charge in [-0.15, -0.1) is 0 Å². The van der Waals surface area contributed by atoms with Crippen LogP contribution in [0.15, 0.2) is 77.7 Å². The number of hydrogen-bond acceptors (Lipinski definition) is 3. The topological polar surface area (TPSA) is 106 Å². The standard InChI is InChI=1S/C28H25N3O5/c1-17-7-6-10-22-26(17)20(15-29(22)2)16-30-21-12-11-19(27(34)35)13-24(21)31(28(30)36)23(14-25(32)33)18-8-4-3-5-9-18/h3-13,15,23H,14,16H2,1-2H3,(H,32,33)(H,34,35)/t23-/m1/s1. The summed E-state index contributed by atoms with van der Waals surface area (Å²) in [7, 11) is 1.95. The zero-order valence-electron chi connectivity index (χ0n) is 19.9. The maximum atomic E-state index is 14.0. The van der Waals surface area contributed by atoms with Crippen LogP contribution in [0.4, 0.5) is 0 Å². The number of rotatable bonds is 7.